The summed E-state index contributed by atoms with van der Waals surface area (Å²) in [7, 11) is 0. The Kier molecular flexibility index (Phi) is 11.3. The van der Waals surface area contributed by atoms with Crippen LogP contribution in [-0.4, -0.2) is 28.1 Å². The molecule has 0 radical (unpaired) electrons. The van der Waals surface area contributed by atoms with Gasteiger partial charge in [-0.3, -0.25) is 4.79 Å². The smallest absolute Gasteiger partial charge is 0.332 e. The number of carboxylic acids is 1. The Hall–Kier alpha value is -1.90. The summed E-state index contributed by atoms with van der Waals surface area (Å²) in [6.45, 7) is 2.22. The van der Waals surface area contributed by atoms with Gasteiger partial charge in [-0.1, -0.05) is 51.2 Å². The number of aliphatic hydroxyl groups is 1. The number of Topliss-reactive ketones (excluding diaryl/α,β-unsaturated/α-hetero) is 1. The van der Waals surface area contributed by atoms with Gasteiger partial charge in [0.1, 0.15) is 0 Å². The fraction of sp³-hybridized carbons (Fsp3) is 0.591. The number of allylic oxidation sites excluding steroid dienone is 4. The van der Waals surface area contributed by atoms with Crippen molar-refractivity contribution in [2.45, 2.75) is 83.7 Å². The molecule has 0 spiro atoms. The van der Waals surface area contributed by atoms with Crippen LogP contribution in [0.5, 0.6) is 0 Å². The highest BCUT2D eigenvalue weighted by molar-refractivity contribution is 5.99. The molecule has 0 aliphatic heterocycles. The molecule has 0 aromatic heterocycles. The van der Waals surface area contributed by atoms with Crippen LogP contribution in [-0.2, 0) is 9.59 Å². The molecular formula is C22H32O4. The van der Waals surface area contributed by atoms with Crippen molar-refractivity contribution >= 4 is 11.8 Å². The second kappa shape index (κ2) is 13.3. The highest BCUT2D eigenvalue weighted by Crippen LogP contribution is 2.27. The van der Waals surface area contributed by atoms with Crippen LogP contribution in [0.4, 0.5) is 0 Å². The first-order valence-electron chi connectivity index (χ1n) is 9.78. The quantitative estimate of drug-likeness (QED) is 0.362. The van der Waals surface area contributed by atoms with Gasteiger partial charge < -0.3 is 10.2 Å². The number of aliphatic carboxylic acids is 1. The second-order valence-electron chi connectivity index (χ2n) is 6.75. The number of unbranched alkanes of at least 4 members (excludes halogenated alkanes) is 6. The zero-order chi connectivity index (χ0) is 19.2. The highest BCUT2D eigenvalue weighted by atomic mass is 16.4. The van der Waals surface area contributed by atoms with E-state index in [0.717, 1.165) is 24.0 Å². The van der Waals surface area contributed by atoms with E-state index >= 15 is 0 Å². The molecule has 0 aromatic rings. The molecule has 1 aliphatic rings. The normalized spacial score (nSPS) is 15.4. The average molecular weight is 360 g/mol. The highest BCUT2D eigenvalue weighted by Gasteiger charge is 2.19. The van der Waals surface area contributed by atoms with Crippen molar-refractivity contribution in [1.29, 1.82) is 0 Å². The molecule has 1 rings (SSSR count). The maximum atomic E-state index is 12.0. The first-order valence-corrected chi connectivity index (χ1v) is 9.78. The molecule has 0 fully saturated rings. The van der Waals surface area contributed by atoms with Gasteiger partial charge in [-0.05, 0) is 37.0 Å². The van der Waals surface area contributed by atoms with Gasteiger partial charge in [-0.25, -0.2) is 4.79 Å². The number of aliphatic hydroxyl groups excluding tert-OH is 1. The topological polar surface area (TPSA) is 74.6 Å². The molecule has 0 heterocycles. The lowest BCUT2D eigenvalue weighted by Crippen LogP contribution is -2.17. The summed E-state index contributed by atoms with van der Waals surface area (Å²) in [6, 6.07) is 0. The van der Waals surface area contributed by atoms with Crippen LogP contribution in [0.25, 0.3) is 0 Å². The molecule has 0 saturated carbocycles. The van der Waals surface area contributed by atoms with Crippen molar-refractivity contribution < 1.29 is 19.8 Å². The number of hydrogen-bond donors (Lipinski definition) is 2. The van der Waals surface area contributed by atoms with E-state index in [2.05, 4.69) is 24.8 Å². The number of carboxylic acid groups (broad SMARTS) is 1. The standard InChI is InChI=1S/C22H32O4/c1-2-3-4-5-6-7-8-10-13-18-16-17-20(23)19(18)14-11-9-12-15-21(24)22(25)26/h10-13,21,24H,2-8,14-17H2,1H3,(H,25,26)/b13-10+. The van der Waals surface area contributed by atoms with E-state index in [1.807, 2.05) is 0 Å². The summed E-state index contributed by atoms with van der Waals surface area (Å²) in [4.78, 5) is 22.5. The molecule has 2 N–H and O–H groups in total. The van der Waals surface area contributed by atoms with Gasteiger partial charge in [0.2, 0.25) is 0 Å². The molecule has 0 aromatic carbocycles. The zero-order valence-electron chi connectivity index (χ0n) is 15.9. The fourth-order valence-corrected chi connectivity index (χ4v) is 2.95. The lowest BCUT2D eigenvalue weighted by atomic mass is 10.1. The van der Waals surface area contributed by atoms with Gasteiger partial charge in [0, 0.05) is 24.8 Å². The Morgan fingerprint density at radius 2 is 1.88 bits per heavy atom. The third-order valence-corrected chi connectivity index (χ3v) is 4.56. The minimum atomic E-state index is -1.40. The zero-order valence-corrected chi connectivity index (χ0v) is 15.9. The van der Waals surface area contributed by atoms with Crippen LogP contribution in [0.15, 0.2) is 41.2 Å². The van der Waals surface area contributed by atoms with Gasteiger partial charge in [0.15, 0.2) is 11.9 Å². The van der Waals surface area contributed by atoms with Crippen molar-refractivity contribution in [3.05, 3.63) is 41.2 Å². The number of hydrogen-bond acceptors (Lipinski definition) is 3. The van der Waals surface area contributed by atoms with Crippen LogP contribution in [0, 0.1) is 0 Å². The van der Waals surface area contributed by atoms with Gasteiger partial charge in [-0.2, -0.15) is 0 Å². The molecule has 0 bridgehead atoms. The third-order valence-electron chi connectivity index (χ3n) is 4.56. The summed E-state index contributed by atoms with van der Waals surface area (Å²) in [5.74, 6) is -1.05. The van der Waals surface area contributed by atoms with E-state index in [1.165, 1.54) is 44.6 Å². The number of carbonyl (C=O) groups is 2. The van der Waals surface area contributed by atoms with Crippen LogP contribution >= 0.6 is 0 Å². The summed E-state index contributed by atoms with van der Waals surface area (Å²) < 4.78 is 0. The van der Waals surface area contributed by atoms with Crippen LogP contribution in [0.2, 0.25) is 0 Å². The number of ketones is 1. The largest absolute Gasteiger partial charge is 0.479 e. The fourth-order valence-electron chi connectivity index (χ4n) is 2.95. The molecule has 4 heteroatoms. The number of carbonyl (C=O) groups excluding carboxylic acids is 1. The summed E-state index contributed by atoms with van der Waals surface area (Å²) in [5.41, 5.74) is 4.81. The van der Waals surface area contributed by atoms with E-state index in [1.54, 1.807) is 6.08 Å². The number of rotatable bonds is 13. The predicted octanol–water partition coefficient (Wildman–Crippen LogP) is 4.89. The monoisotopic (exact) mass is 360 g/mol. The lowest BCUT2D eigenvalue weighted by Gasteiger charge is -2.00. The first kappa shape index (κ1) is 22.1. The van der Waals surface area contributed by atoms with Crippen molar-refractivity contribution in [2.24, 2.45) is 0 Å². The Morgan fingerprint density at radius 3 is 2.62 bits per heavy atom. The summed E-state index contributed by atoms with van der Waals surface area (Å²) in [6.07, 6.45) is 16.8. The molecule has 1 unspecified atom stereocenters. The van der Waals surface area contributed by atoms with Gasteiger partial charge in [0.05, 0.1) is 0 Å². The average Bonchev–Trinajstić information content (AvgIpc) is 2.96. The first-order chi connectivity index (χ1) is 12.6. The van der Waals surface area contributed by atoms with Gasteiger partial charge in [0.25, 0.3) is 0 Å². The van der Waals surface area contributed by atoms with E-state index in [9.17, 15) is 9.59 Å². The van der Waals surface area contributed by atoms with Crippen LogP contribution in [0.3, 0.4) is 0 Å². The lowest BCUT2D eigenvalue weighted by molar-refractivity contribution is -0.146. The Morgan fingerprint density at radius 1 is 1.15 bits per heavy atom. The molecule has 0 saturated heterocycles. The Labute approximate surface area is 157 Å². The van der Waals surface area contributed by atoms with E-state index in [4.69, 9.17) is 10.2 Å². The van der Waals surface area contributed by atoms with Crippen molar-refractivity contribution in [3.8, 4) is 0 Å². The molecule has 0 amide bonds. The third kappa shape index (κ3) is 8.98. The minimum absolute atomic E-state index is 0.0177. The van der Waals surface area contributed by atoms with Gasteiger partial charge in [-0.15, -0.1) is 5.73 Å². The summed E-state index contributed by atoms with van der Waals surface area (Å²) >= 11 is 0. The minimum Gasteiger partial charge on any atom is -0.479 e. The molecule has 1 aliphatic carbocycles. The van der Waals surface area contributed by atoms with E-state index in [0.29, 0.717) is 12.8 Å². The van der Waals surface area contributed by atoms with Crippen molar-refractivity contribution in [3.63, 3.8) is 0 Å². The molecule has 4 nitrogen and oxygen atoms in total. The van der Waals surface area contributed by atoms with Crippen LogP contribution < -0.4 is 0 Å². The molecule has 144 valence electrons. The maximum Gasteiger partial charge on any atom is 0.332 e. The van der Waals surface area contributed by atoms with E-state index < -0.39 is 12.1 Å². The second-order valence-corrected chi connectivity index (χ2v) is 6.75. The van der Waals surface area contributed by atoms with E-state index in [-0.39, 0.29) is 12.2 Å². The predicted molar refractivity (Wildman–Crippen MR) is 104 cm³/mol. The van der Waals surface area contributed by atoms with Crippen molar-refractivity contribution in [2.75, 3.05) is 0 Å². The Balaban J connectivity index is 2.43. The van der Waals surface area contributed by atoms with Gasteiger partial charge >= 0.3 is 5.97 Å². The summed E-state index contributed by atoms with van der Waals surface area (Å²) in [5, 5.41) is 17.8. The SMILES string of the molecule is CCCCCCCC/C=C/C1=C(CC=C=CCC(O)C(=O)O)C(=O)CC1. The molecular weight excluding hydrogens is 328 g/mol. The molecule has 26 heavy (non-hydrogen) atoms. The Bertz CT molecular complexity index is 577. The maximum absolute atomic E-state index is 12.0. The van der Waals surface area contributed by atoms with Crippen molar-refractivity contribution in [1.82, 2.24) is 0 Å². The van der Waals surface area contributed by atoms with Crippen LogP contribution in [0.1, 0.15) is 77.6 Å². The molecule has 1 atom stereocenters.